The predicted molar refractivity (Wildman–Crippen MR) is 104 cm³/mol. The molecule has 1 aliphatic heterocycles. The third-order valence-electron chi connectivity index (χ3n) is 4.79. The van der Waals surface area contributed by atoms with Crippen molar-refractivity contribution >= 4 is 30.2 Å². The van der Waals surface area contributed by atoms with Gasteiger partial charge in [-0.2, -0.15) is 0 Å². The van der Waals surface area contributed by atoms with Crippen LogP contribution in [0.5, 0.6) is 0 Å². The number of nitrogens with one attached hydrogen (secondary N) is 1. The van der Waals surface area contributed by atoms with Crippen LogP contribution in [-0.4, -0.2) is 47.4 Å². The zero-order chi connectivity index (χ0) is 20.8. The molecule has 3 N–H and O–H groups in total. The van der Waals surface area contributed by atoms with Crippen molar-refractivity contribution in [2.24, 2.45) is 5.92 Å². The van der Waals surface area contributed by atoms with E-state index in [4.69, 9.17) is 6.57 Å². The van der Waals surface area contributed by atoms with Crippen LogP contribution in [0.3, 0.4) is 0 Å². The lowest BCUT2D eigenvalue weighted by molar-refractivity contribution is -0.126. The molecule has 28 heavy (non-hydrogen) atoms. The lowest BCUT2D eigenvalue weighted by atomic mass is 9.75. The molecule has 9 heteroatoms. The first-order valence-corrected chi connectivity index (χ1v) is 9.34. The number of rotatable bonds is 9. The third kappa shape index (κ3) is 5.53. The summed E-state index contributed by atoms with van der Waals surface area (Å²) in [6.45, 7) is 11.3. The summed E-state index contributed by atoms with van der Waals surface area (Å²) in [4.78, 5) is 29.3. The Kier molecular flexibility index (Phi) is 7.55. The van der Waals surface area contributed by atoms with Crippen molar-refractivity contribution in [3.05, 3.63) is 35.4 Å². The van der Waals surface area contributed by atoms with Crippen molar-refractivity contribution in [3.63, 3.8) is 0 Å². The highest BCUT2D eigenvalue weighted by Gasteiger charge is 2.35. The van der Waals surface area contributed by atoms with E-state index in [0.717, 1.165) is 6.07 Å². The monoisotopic (exact) mass is 389 g/mol. The number of nitrogens with zero attached hydrogens (tertiary/aromatic N) is 2. The topological polar surface area (TPSA) is 94.2 Å². The normalized spacial score (nSPS) is 16.9. The van der Waals surface area contributed by atoms with Crippen molar-refractivity contribution in [2.75, 3.05) is 11.4 Å². The Morgan fingerprint density at radius 1 is 1.39 bits per heavy atom. The van der Waals surface area contributed by atoms with E-state index in [0.29, 0.717) is 19.4 Å². The first kappa shape index (κ1) is 21.9. The molecule has 2 atom stereocenters. The molecule has 1 aromatic carbocycles. The van der Waals surface area contributed by atoms with Crippen LogP contribution in [0.4, 0.5) is 15.8 Å². The second-order valence-electron chi connectivity index (χ2n) is 7.43. The maximum Gasteiger partial charge on any atom is 0.475 e. The summed E-state index contributed by atoms with van der Waals surface area (Å²) in [6.07, 6.45) is 0.914. The van der Waals surface area contributed by atoms with Crippen LogP contribution in [0.1, 0.15) is 39.5 Å². The highest BCUT2D eigenvalue weighted by molar-refractivity contribution is 6.43. The number of halogens is 1. The van der Waals surface area contributed by atoms with E-state index in [1.54, 1.807) is 4.90 Å². The third-order valence-corrected chi connectivity index (χ3v) is 4.79. The van der Waals surface area contributed by atoms with Crippen LogP contribution in [0.25, 0.3) is 4.85 Å². The smallest absolute Gasteiger partial charge is 0.426 e. The summed E-state index contributed by atoms with van der Waals surface area (Å²) in [5, 5.41) is 21.3. The molecule has 2 rings (SSSR count). The molecule has 0 spiro atoms. The summed E-state index contributed by atoms with van der Waals surface area (Å²) < 4.78 is 14.2. The van der Waals surface area contributed by atoms with Gasteiger partial charge in [0, 0.05) is 19.4 Å². The molecule has 1 heterocycles. The quantitative estimate of drug-likeness (QED) is 0.443. The van der Waals surface area contributed by atoms with Gasteiger partial charge in [-0.1, -0.05) is 19.9 Å². The molecule has 0 radical (unpaired) electrons. The summed E-state index contributed by atoms with van der Waals surface area (Å²) in [6, 6.07) is 3.66. The minimum absolute atomic E-state index is 0.00925. The maximum atomic E-state index is 14.2. The van der Waals surface area contributed by atoms with Gasteiger partial charge >= 0.3 is 7.12 Å². The van der Waals surface area contributed by atoms with Crippen LogP contribution in [0.15, 0.2) is 18.2 Å². The van der Waals surface area contributed by atoms with E-state index in [1.165, 1.54) is 12.1 Å². The first-order valence-electron chi connectivity index (χ1n) is 9.34. The van der Waals surface area contributed by atoms with E-state index >= 15 is 0 Å². The van der Waals surface area contributed by atoms with Gasteiger partial charge in [0.15, 0.2) is 11.5 Å². The van der Waals surface area contributed by atoms with Crippen molar-refractivity contribution < 1.29 is 24.0 Å². The van der Waals surface area contributed by atoms with Gasteiger partial charge in [-0.05, 0) is 30.9 Å². The van der Waals surface area contributed by atoms with Crippen LogP contribution in [-0.2, 0) is 9.59 Å². The maximum absolute atomic E-state index is 14.2. The van der Waals surface area contributed by atoms with Crippen molar-refractivity contribution in [1.82, 2.24) is 5.32 Å². The fraction of sp³-hybridized carbons (Fsp3) is 0.526. The molecular weight excluding hydrogens is 364 g/mol. The molecule has 7 nitrogen and oxygen atoms in total. The number of hydrogen-bond acceptors (Lipinski definition) is 5. The SMILES string of the molecule is [C-]#[N+]c1ccc(N2CC[C@H]2C(=O)CCC(=O)N[C@@H](CC(C)C)B(O)O)c(F)c1. The zero-order valence-electron chi connectivity index (χ0n) is 16.1. The lowest BCUT2D eigenvalue weighted by Crippen LogP contribution is -2.53. The number of anilines is 1. The molecular formula is C19H25BFN3O4. The first-order chi connectivity index (χ1) is 13.2. The molecule has 1 aliphatic rings. The Hall–Kier alpha value is -2.44. The number of ketones is 1. The fourth-order valence-corrected chi connectivity index (χ4v) is 3.25. The molecule has 1 fully saturated rings. The minimum Gasteiger partial charge on any atom is -0.426 e. The van der Waals surface area contributed by atoms with E-state index in [9.17, 15) is 24.0 Å². The van der Waals surface area contributed by atoms with E-state index in [2.05, 4.69) is 10.2 Å². The highest BCUT2D eigenvalue weighted by Crippen LogP contribution is 2.32. The average Bonchev–Trinajstić information content (AvgIpc) is 2.59. The Bertz CT molecular complexity index is 766. The Morgan fingerprint density at radius 3 is 2.61 bits per heavy atom. The summed E-state index contributed by atoms with van der Waals surface area (Å²) in [7, 11) is -1.66. The van der Waals surface area contributed by atoms with Gasteiger partial charge in [-0.3, -0.25) is 9.59 Å². The lowest BCUT2D eigenvalue weighted by Gasteiger charge is -2.42. The molecule has 0 aliphatic carbocycles. The Morgan fingerprint density at radius 2 is 2.11 bits per heavy atom. The van der Waals surface area contributed by atoms with Gasteiger partial charge < -0.3 is 20.3 Å². The van der Waals surface area contributed by atoms with Crippen LogP contribution < -0.4 is 10.2 Å². The van der Waals surface area contributed by atoms with Gasteiger partial charge in [0.2, 0.25) is 5.91 Å². The van der Waals surface area contributed by atoms with Gasteiger partial charge in [0.1, 0.15) is 5.82 Å². The van der Waals surface area contributed by atoms with Crippen LogP contribution in [0, 0.1) is 18.3 Å². The highest BCUT2D eigenvalue weighted by atomic mass is 19.1. The van der Waals surface area contributed by atoms with Crippen molar-refractivity contribution in [2.45, 2.75) is 51.5 Å². The number of carbonyl (C=O) groups is 2. The molecule has 1 amide bonds. The van der Waals surface area contributed by atoms with Crippen molar-refractivity contribution in [1.29, 1.82) is 0 Å². The van der Waals surface area contributed by atoms with E-state index in [1.807, 2.05) is 13.8 Å². The van der Waals surface area contributed by atoms with Gasteiger partial charge in [0.05, 0.1) is 24.2 Å². The molecule has 150 valence electrons. The second-order valence-corrected chi connectivity index (χ2v) is 7.43. The van der Waals surface area contributed by atoms with Crippen LogP contribution >= 0.6 is 0 Å². The molecule has 1 saturated heterocycles. The molecule has 0 bridgehead atoms. The van der Waals surface area contributed by atoms with Crippen LogP contribution in [0.2, 0.25) is 0 Å². The number of Topliss-reactive ketones (excluding diaryl/α,β-unsaturated/α-hetero) is 1. The minimum atomic E-state index is -1.66. The predicted octanol–water partition coefficient (Wildman–Crippen LogP) is 1.85. The molecule has 0 aromatic heterocycles. The number of hydrogen-bond donors (Lipinski definition) is 3. The molecule has 0 saturated carbocycles. The largest absolute Gasteiger partial charge is 0.475 e. The Labute approximate surface area is 164 Å². The number of amides is 1. The van der Waals surface area contributed by atoms with Gasteiger partial charge in [0.25, 0.3) is 0 Å². The molecule has 0 unspecified atom stereocenters. The summed E-state index contributed by atoms with van der Waals surface area (Å²) in [5.41, 5.74) is 0.477. The Balaban J connectivity index is 1.89. The van der Waals surface area contributed by atoms with Crippen molar-refractivity contribution in [3.8, 4) is 0 Å². The second kappa shape index (κ2) is 9.67. The number of benzene rings is 1. The number of carbonyl (C=O) groups excluding carboxylic acids is 2. The standard InChI is InChI=1S/C19H25BFN3O4/c1-12(2)10-18(20(27)28)23-19(26)7-6-17(25)16-8-9-24(16)15-5-4-13(22-3)11-14(15)21/h4-5,11-12,16,18,27-28H,6-10H2,1-2H3,(H,23,26)/t16-,18-/m0/s1. The van der Waals surface area contributed by atoms with E-state index in [-0.39, 0.29) is 35.9 Å². The summed E-state index contributed by atoms with van der Waals surface area (Å²) >= 11 is 0. The summed E-state index contributed by atoms with van der Waals surface area (Å²) in [5.74, 6) is -1.75. The fourth-order valence-electron chi connectivity index (χ4n) is 3.25. The van der Waals surface area contributed by atoms with Gasteiger partial charge in [-0.15, -0.1) is 0 Å². The zero-order valence-corrected chi connectivity index (χ0v) is 16.1. The molecule has 1 aromatic rings. The average molecular weight is 389 g/mol. The van der Waals surface area contributed by atoms with E-state index < -0.39 is 30.8 Å². The van der Waals surface area contributed by atoms with Gasteiger partial charge in [-0.25, -0.2) is 9.24 Å².